The first-order valence-electron chi connectivity index (χ1n) is 6.58. The lowest BCUT2D eigenvalue weighted by Crippen LogP contribution is -2.31. The Morgan fingerprint density at radius 3 is 2.64 bits per heavy atom. The highest BCUT2D eigenvalue weighted by atomic mass is 79.9. The maximum absolute atomic E-state index is 13.0. The zero-order valence-corrected chi connectivity index (χ0v) is 14.1. The van der Waals surface area contributed by atoms with Crippen LogP contribution in [0.4, 0.5) is 4.39 Å². The minimum atomic E-state index is -0.375. The molecular formula is C16H14BrClFNO2. The Labute approximate surface area is 141 Å². The summed E-state index contributed by atoms with van der Waals surface area (Å²) in [6.45, 7) is 1.72. The zero-order valence-electron chi connectivity index (χ0n) is 11.8. The molecule has 0 aliphatic rings. The molecule has 116 valence electrons. The number of carbonyl (C=O) groups is 1. The molecule has 3 nitrogen and oxygen atoms in total. The SMILES string of the molecule is C[C@H](NC(=O)COc1ccc(F)cc1Br)c1ccc(Cl)cc1. The van der Waals surface area contributed by atoms with Gasteiger partial charge in [0, 0.05) is 5.02 Å². The molecule has 0 heterocycles. The average molecular weight is 387 g/mol. The van der Waals surface area contributed by atoms with Gasteiger partial charge in [-0.05, 0) is 58.7 Å². The minimum absolute atomic E-state index is 0.151. The van der Waals surface area contributed by atoms with Crippen LogP contribution >= 0.6 is 27.5 Å². The summed E-state index contributed by atoms with van der Waals surface area (Å²) in [6.07, 6.45) is 0. The van der Waals surface area contributed by atoms with Gasteiger partial charge in [-0.1, -0.05) is 23.7 Å². The van der Waals surface area contributed by atoms with E-state index >= 15 is 0 Å². The fourth-order valence-corrected chi connectivity index (χ4v) is 2.44. The van der Waals surface area contributed by atoms with E-state index in [0.717, 1.165) is 5.56 Å². The second kappa shape index (κ2) is 7.61. The predicted octanol–water partition coefficient (Wildman–Crippen LogP) is 4.50. The summed E-state index contributed by atoms with van der Waals surface area (Å²) < 4.78 is 18.8. The molecular weight excluding hydrogens is 373 g/mol. The highest BCUT2D eigenvalue weighted by molar-refractivity contribution is 9.10. The Kier molecular flexibility index (Phi) is 5.80. The molecule has 0 radical (unpaired) electrons. The molecule has 6 heteroatoms. The number of halogens is 3. The average Bonchev–Trinajstić information content (AvgIpc) is 2.47. The van der Waals surface area contributed by atoms with Gasteiger partial charge in [-0.3, -0.25) is 4.79 Å². The van der Waals surface area contributed by atoms with Crippen LogP contribution in [0, 0.1) is 5.82 Å². The number of ether oxygens (including phenoxy) is 1. The van der Waals surface area contributed by atoms with Crippen molar-refractivity contribution in [3.8, 4) is 5.75 Å². The maximum Gasteiger partial charge on any atom is 0.258 e. The lowest BCUT2D eigenvalue weighted by atomic mass is 10.1. The van der Waals surface area contributed by atoms with Gasteiger partial charge in [0.15, 0.2) is 6.61 Å². The summed E-state index contributed by atoms with van der Waals surface area (Å²) in [4.78, 5) is 11.9. The lowest BCUT2D eigenvalue weighted by molar-refractivity contribution is -0.123. The van der Waals surface area contributed by atoms with Crippen molar-refractivity contribution in [1.82, 2.24) is 5.32 Å². The predicted molar refractivity (Wildman–Crippen MR) is 87.6 cm³/mol. The fraction of sp³-hybridized carbons (Fsp3) is 0.188. The molecule has 1 N–H and O–H groups in total. The van der Waals surface area contributed by atoms with Crippen molar-refractivity contribution in [2.45, 2.75) is 13.0 Å². The molecule has 0 saturated carbocycles. The van der Waals surface area contributed by atoms with Crippen molar-refractivity contribution in [3.63, 3.8) is 0 Å². The zero-order chi connectivity index (χ0) is 16.1. The monoisotopic (exact) mass is 385 g/mol. The summed E-state index contributed by atoms with van der Waals surface area (Å²) in [6, 6.07) is 11.1. The van der Waals surface area contributed by atoms with Gasteiger partial charge in [0.25, 0.3) is 5.91 Å². The van der Waals surface area contributed by atoms with Crippen LogP contribution in [-0.2, 0) is 4.79 Å². The Hall–Kier alpha value is -1.59. The molecule has 0 saturated heterocycles. The van der Waals surface area contributed by atoms with Crippen molar-refractivity contribution >= 4 is 33.4 Å². The van der Waals surface area contributed by atoms with Gasteiger partial charge in [-0.25, -0.2) is 4.39 Å². The summed E-state index contributed by atoms with van der Waals surface area (Å²) in [5, 5.41) is 3.47. The highest BCUT2D eigenvalue weighted by Gasteiger charge is 2.11. The largest absolute Gasteiger partial charge is 0.483 e. The number of benzene rings is 2. The quantitative estimate of drug-likeness (QED) is 0.822. The third-order valence-electron chi connectivity index (χ3n) is 3.00. The Balaban J connectivity index is 1.88. The van der Waals surface area contributed by atoms with Crippen molar-refractivity contribution in [3.05, 3.63) is 63.3 Å². The molecule has 2 rings (SSSR count). The Morgan fingerprint density at radius 1 is 1.32 bits per heavy atom. The second-order valence-corrected chi connectivity index (χ2v) is 5.99. The third kappa shape index (κ3) is 4.71. The van der Waals surface area contributed by atoms with Crippen molar-refractivity contribution < 1.29 is 13.9 Å². The molecule has 2 aromatic rings. The van der Waals surface area contributed by atoms with Crippen LogP contribution in [0.5, 0.6) is 5.75 Å². The summed E-state index contributed by atoms with van der Waals surface area (Å²) in [7, 11) is 0. The Bertz CT molecular complexity index is 664. The van der Waals surface area contributed by atoms with E-state index in [-0.39, 0.29) is 24.4 Å². The standard InChI is InChI=1S/C16H14BrClFNO2/c1-10(11-2-4-12(18)5-3-11)20-16(21)9-22-15-7-6-13(19)8-14(15)17/h2-8,10H,9H2,1H3,(H,20,21)/t10-/m0/s1. The van der Waals surface area contributed by atoms with Gasteiger partial charge in [-0.2, -0.15) is 0 Å². The van der Waals surface area contributed by atoms with Crippen LogP contribution in [-0.4, -0.2) is 12.5 Å². The topological polar surface area (TPSA) is 38.3 Å². The van der Waals surface area contributed by atoms with E-state index in [1.54, 1.807) is 12.1 Å². The summed E-state index contributed by atoms with van der Waals surface area (Å²) in [5.74, 6) is -0.227. The van der Waals surface area contributed by atoms with E-state index in [9.17, 15) is 9.18 Å². The van der Waals surface area contributed by atoms with Gasteiger partial charge in [0.2, 0.25) is 0 Å². The number of rotatable bonds is 5. The molecule has 1 amide bonds. The second-order valence-electron chi connectivity index (χ2n) is 4.70. The van der Waals surface area contributed by atoms with Crippen molar-refractivity contribution in [2.75, 3.05) is 6.61 Å². The molecule has 22 heavy (non-hydrogen) atoms. The molecule has 1 atom stereocenters. The van der Waals surface area contributed by atoms with E-state index in [1.807, 2.05) is 19.1 Å². The van der Waals surface area contributed by atoms with E-state index in [4.69, 9.17) is 16.3 Å². The summed E-state index contributed by atoms with van der Waals surface area (Å²) in [5.41, 5.74) is 0.945. The maximum atomic E-state index is 13.0. The molecule has 0 fully saturated rings. The summed E-state index contributed by atoms with van der Waals surface area (Å²) >= 11 is 9.01. The van der Waals surface area contributed by atoms with Crippen LogP contribution in [0.15, 0.2) is 46.9 Å². The molecule has 0 aliphatic heterocycles. The van der Waals surface area contributed by atoms with Crippen molar-refractivity contribution in [2.24, 2.45) is 0 Å². The Morgan fingerprint density at radius 2 is 2.00 bits per heavy atom. The van der Waals surface area contributed by atoms with Gasteiger partial charge in [-0.15, -0.1) is 0 Å². The number of carbonyl (C=O) groups excluding carboxylic acids is 1. The highest BCUT2D eigenvalue weighted by Crippen LogP contribution is 2.25. The van der Waals surface area contributed by atoms with Crippen LogP contribution in [0.3, 0.4) is 0 Å². The van der Waals surface area contributed by atoms with Gasteiger partial charge >= 0.3 is 0 Å². The van der Waals surface area contributed by atoms with E-state index in [0.29, 0.717) is 15.2 Å². The van der Waals surface area contributed by atoms with Gasteiger partial charge in [0.1, 0.15) is 11.6 Å². The smallest absolute Gasteiger partial charge is 0.258 e. The van der Waals surface area contributed by atoms with Crippen LogP contribution in [0.2, 0.25) is 5.02 Å². The number of hydrogen-bond acceptors (Lipinski definition) is 2. The molecule has 0 aromatic heterocycles. The number of amides is 1. The van der Waals surface area contributed by atoms with Crippen LogP contribution in [0.1, 0.15) is 18.5 Å². The van der Waals surface area contributed by atoms with E-state index in [1.165, 1.54) is 18.2 Å². The van der Waals surface area contributed by atoms with Gasteiger partial charge < -0.3 is 10.1 Å². The van der Waals surface area contributed by atoms with Crippen LogP contribution < -0.4 is 10.1 Å². The molecule has 0 spiro atoms. The fourth-order valence-electron chi connectivity index (χ4n) is 1.85. The molecule has 0 aliphatic carbocycles. The number of hydrogen-bond donors (Lipinski definition) is 1. The van der Waals surface area contributed by atoms with E-state index in [2.05, 4.69) is 21.2 Å². The lowest BCUT2D eigenvalue weighted by Gasteiger charge is -2.15. The first kappa shape index (κ1) is 16.8. The minimum Gasteiger partial charge on any atom is -0.483 e. The van der Waals surface area contributed by atoms with Crippen molar-refractivity contribution in [1.29, 1.82) is 0 Å². The molecule has 0 bridgehead atoms. The van der Waals surface area contributed by atoms with E-state index < -0.39 is 0 Å². The van der Waals surface area contributed by atoms with Gasteiger partial charge in [0.05, 0.1) is 10.5 Å². The van der Waals surface area contributed by atoms with Crippen LogP contribution in [0.25, 0.3) is 0 Å². The normalized spacial score (nSPS) is 11.8. The first-order chi connectivity index (χ1) is 10.5. The molecule has 0 unspecified atom stereocenters. The third-order valence-corrected chi connectivity index (χ3v) is 3.87. The molecule has 2 aromatic carbocycles. The number of nitrogens with one attached hydrogen (secondary N) is 1. The first-order valence-corrected chi connectivity index (χ1v) is 7.75.